The maximum Gasteiger partial charge on any atom is 0.119 e. The molecule has 1 unspecified atom stereocenters. The summed E-state index contributed by atoms with van der Waals surface area (Å²) in [5.74, 6) is 1.68. The zero-order valence-corrected chi connectivity index (χ0v) is 24.4. The van der Waals surface area contributed by atoms with Crippen molar-refractivity contribution in [3.8, 4) is 5.75 Å². The fourth-order valence-electron chi connectivity index (χ4n) is 3.80. The van der Waals surface area contributed by atoms with Crippen LogP contribution in [0, 0.1) is 5.92 Å². The molecule has 0 saturated carbocycles. The summed E-state index contributed by atoms with van der Waals surface area (Å²) in [4.78, 5) is 0. The Labute approximate surface area is 212 Å². The minimum Gasteiger partial charge on any atom is -0.489 e. The molecule has 33 heavy (non-hydrogen) atoms. The van der Waals surface area contributed by atoms with Crippen LogP contribution in [0.1, 0.15) is 47.1 Å². The molecule has 1 atom stereocenters. The van der Waals surface area contributed by atoms with Crippen molar-refractivity contribution in [1.29, 1.82) is 0 Å². The molecular weight excluding hydrogens is 452 g/mol. The van der Waals surface area contributed by atoms with Gasteiger partial charge in [0.05, 0.1) is 0 Å². The molecule has 1 aliphatic rings. The number of ether oxygens (including phenoxy) is 1. The molecule has 0 aliphatic heterocycles. The van der Waals surface area contributed by atoms with E-state index in [1.165, 1.54) is 16.7 Å². The van der Waals surface area contributed by atoms with E-state index in [4.69, 9.17) is 4.74 Å². The van der Waals surface area contributed by atoms with E-state index in [0.717, 1.165) is 11.7 Å². The van der Waals surface area contributed by atoms with Crippen LogP contribution < -0.4 is 4.74 Å². The van der Waals surface area contributed by atoms with E-state index < -0.39 is 0 Å². The molecule has 0 spiro atoms. The Kier molecular flexibility index (Phi) is 11.4. The summed E-state index contributed by atoms with van der Waals surface area (Å²) in [5.41, 5.74) is 8.48. The van der Waals surface area contributed by atoms with E-state index in [1.54, 1.807) is 16.7 Å². The van der Waals surface area contributed by atoms with Crippen LogP contribution in [0.3, 0.4) is 0 Å². The van der Waals surface area contributed by atoms with Crippen LogP contribution in [0.4, 0.5) is 0 Å². The number of allylic oxidation sites excluding steroid dienone is 7. The first kappa shape index (κ1) is 27.4. The zero-order chi connectivity index (χ0) is 24.4. The first-order chi connectivity index (χ1) is 15.7. The standard InChI is InChI=1S/C19H20O.C9H13.C2H7Si.Ti/c1-3-16(2)14-18(17-10-6-4-7-11-17)15-20-19-12-8-5-9-13-19;1-6-5-7(2)9(4)8(6)3;1-3-2;/h3-14H,15H2,1-2H3;6H,1-4H3;3H,1-2H3;. The minimum absolute atomic E-state index is 0.267. The van der Waals surface area contributed by atoms with Gasteiger partial charge in [-0.25, -0.2) is 0 Å². The first-order valence-corrected chi connectivity index (χ1v) is 18.3. The Morgan fingerprint density at radius 2 is 1.52 bits per heavy atom. The van der Waals surface area contributed by atoms with Crippen molar-refractivity contribution in [2.75, 3.05) is 6.61 Å². The Hall–Kier alpha value is -1.87. The minimum atomic E-state index is -0.315. The zero-order valence-electron chi connectivity index (χ0n) is 21.7. The van der Waals surface area contributed by atoms with Crippen molar-refractivity contribution in [3.05, 3.63) is 105 Å². The van der Waals surface area contributed by atoms with E-state index in [1.807, 2.05) is 47.2 Å². The van der Waals surface area contributed by atoms with Gasteiger partial charge in [-0.05, 0) is 37.1 Å². The first-order valence-electron chi connectivity index (χ1n) is 12.0. The molecule has 0 radical (unpaired) electrons. The molecule has 0 heterocycles. The van der Waals surface area contributed by atoms with Crippen LogP contribution in [0.2, 0.25) is 13.1 Å². The number of hydrogen-bond donors (Lipinski definition) is 0. The summed E-state index contributed by atoms with van der Waals surface area (Å²) in [5, 5.41) is 0. The van der Waals surface area contributed by atoms with Gasteiger partial charge >= 0.3 is 92.4 Å². The number of benzene rings is 2. The van der Waals surface area contributed by atoms with Gasteiger partial charge in [0, 0.05) is 0 Å². The summed E-state index contributed by atoms with van der Waals surface area (Å²) < 4.78 is 7.73. The van der Waals surface area contributed by atoms with Crippen LogP contribution in [0.25, 0.3) is 5.57 Å². The molecule has 1 nitrogen and oxygen atoms in total. The number of hydrogen-bond acceptors (Lipinski definition) is 1. The van der Waals surface area contributed by atoms with Crippen molar-refractivity contribution < 1.29 is 23.1 Å². The van der Waals surface area contributed by atoms with Crippen molar-refractivity contribution in [2.24, 2.45) is 5.92 Å². The van der Waals surface area contributed by atoms with Gasteiger partial charge in [0.1, 0.15) is 12.4 Å². The van der Waals surface area contributed by atoms with Crippen LogP contribution in [-0.4, -0.2) is 13.3 Å². The van der Waals surface area contributed by atoms with Crippen molar-refractivity contribution >= 4 is 12.2 Å². The van der Waals surface area contributed by atoms with E-state index >= 15 is 0 Å². The third kappa shape index (κ3) is 8.45. The molecule has 0 N–H and O–H groups in total. The van der Waals surface area contributed by atoms with Crippen LogP contribution >= 0.6 is 0 Å². The average Bonchev–Trinajstić information content (AvgIpc) is 3.00. The van der Waals surface area contributed by atoms with Gasteiger partial charge in [0.25, 0.3) is 0 Å². The largest absolute Gasteiger partial charge is 0.489 e. The third-order valence-electron chi connectivity index (χ3n) is 6.22. The van der Waals surface area contributed by atoms with Crippen LogP contribution in [-0.2, 0) is 18.4 Å². The quantitative estimate of drug-likeness (QED) is 0.278. The molecule has 174 valence electrons. The Morgan fingerprint density at radius 1 is 0.939 bits per heavy atom. The summed E-state index contributed by atoms with van der Waals surface area (Å²) in [6, 6.07) is 20.3. The molecule has 0 saturated heterocycles. The third-order valence-corrected chi connectivity index (χ3v) is 12.5. The van der Waals surface area contributed by atoms with E-state index in [-0.39, 0.29) is 25.1 Å². The van der Waals surface area contributed by atoms with Gasteiger partial charge in [0.15, 0.2) is 0 Å². The second-order valence-electron chi connectivity index (χ2n) is 9.04. The van der Waals surface area contributed by atoms with Gasteiger partial charge in [-0.2, -0.15) is 0 Å². The fraction of sp³-hybridized carbons (Fsp3) is 0.333. The van der Waals surface area contributed by atoms with E-state index in [0.29, 0.717) is 6.61 Å². The summed E-state index contributed by atoms with van der Waals surface area (Å²) in [6.07, 6.45) is 4.28. The van der Waals surface area contributed by atoms with Gasteiger partial charge in [0.2, 0.25) is 0 Å². The molecule has 0 fully saturated rings. The molecule has 0 aromatic heterocycles. The maximum atomic E-state index is 5.87. The molecule has 0 bridgehead atoms. The number of rotatable bonds is 7. The van der Waals surface area contributed by atoms with Gasteiger partial charge in [-0.15, -0.1) is 0 Å². The summed E-state index contributed by atoms with van der Waals surface area (Å²) in [6.45, 7) is 18.7. The van der Waals surface area contributed by atoms with Crippen molar-refractivity contribution in [3.63, 3.8) is 0 Å². The Morgan fingerprint density at radius 3 is 2.00 bits per heavy atom. The van der Waals surface area contributed by atoms with Crippen LogP contribution in [0.5, 0.6) is 5.75 Å². The average molecular weight is 493 g/mol. The predicted molar refractivity (Wildman–Crippen MR) is 145 cm³/mol. The molecule has 0 amide bonds. The van der Waals surface area contributed by atoms with Gasteiger partial charge in [-0.3, -0.25) is 0 Å². The SMILES string of the molecule is CC1=C(C)C(C)[C]([Ti][SiH](C)C)=C1C.CC=C(C)C=C(COc1ccccc1)c1ccccc1. The van der Waals surface area contributed by atoms with Gasteiger partial charge in [-0.1, -0.05) is 66.3 Å². The number of para-hydroxylation sites is 1. The van der Waals surface area contributed by atoms with E-state index in [9.17, 15) is 0 Å². The van der Waals surface area contributed by atoms with Crippen molar-refractivity contribution in [2.45, 2.75) is 54.6 Å². The normalized spacial score (nSPS) is 16.7. The van der Waals surface area contributed by atoms with Crippen molar-refractivity contribution in [1.82, 2.24) is 0 Å². The molecule has 3 heteroatoms. The monoisotopic (exact) mass is 492 g/mol. The molecule has 2 aromatic carbocycles. The second-order valence-corrected chi connectivity index (χ2v) is 19.2. The Bertz CT molecular complexity index is 1010. The molecule has 2 aromatic rings. The van der Waals surface area contributed by atoms with Crippen LogP contribution in [0.15, 0.2) is 99.0 Å². The summed E-state index contributed by atoms with van der Waals surface area (Å²) in [7, 11) is 0. The van der Waals surface area contributed by atoms with Gasteiger partial charge < -0.3 is 4.74 Å². The Balaban J connectivity index is 0.000000257. The van der Waals surface area contributed by atoms with E-state index in [2.05, 4.69) is 84.1 Å². The molecule has 3 rings (SSSR count). The smallest absolute Gasteiger partial charge is 0.119 e. The molecular formula is C30H40OSiTi. The fourth-order valence-corrected chi connectivity index (χ4v) is 10.6. The molecule has 1 aliphatic carbocycles. The maximum absolute atomic E-state index is 5.87. The summed E-state index contributed by atoms with van der Waals surface area (Å²) >= 11 is 0.267. The topological polar surface area (TPSA) is 9.23 Å². The predicted octanol–water partition coefficient (Wildman–Crippen LogP) is 8.43. The second kappa shape index (κ2) is 13.7.